The van der Waals surface area contributed by atoms with Crippen LogP contribution in [0.2, 0.25) is 5.02 Å². The minimum Gasteiger partial charge on any atom is -0.279 e. The lowest BCUT2D eigenvalue weighted by Gasteiger charge is -2.16. The number of aromatic nitrogens is 3. The lowest BCUT2D eigenvalue weighted by molar-refractivity contribution is 0.756. The first-order chi connectivity index (χ1) is 9.52. The molecule has 1 aromatic carbocycles. The normalized spacial score (nSPS) is 10.3. The average molecular weight is 292 g/mol. The zero-order valence-electron chi connectivity index (χ0n) is 11.0. The standard InChI is InChI=1S/C13H14ClN5O/c1-3-7-19(15)12-16-11(18(2)13(20)17-12)9-5-4-6-10(14)8-9/h3-6,8H,1,7,15H2,2H3. The Morgan fingerprint density at radius 1 is 1.50 bits per heavy atom. The highest BCUT2D eigenvalue weighted by atomic mass is 35.5. The predicted octanol–water partition coefficient (Wildman–Crippen LogP) is 1.36. The lowest BCUT2D eigenvalue weighted by Crippen LogP contribution is -2.36. The molecule has 0 unspecified atom stereocenters. The van der Waals surface area contributed by atoms with E-state index in [4.69, 9.17) is 17.4 Å². The van der Waals surface area contributed by atoms with E-state index in [0.717, 1.165) is 0 Å². The van der Waals surface area contributed by atoms with Crippen LogP contribution in [0, 0.1) is 0 Å². The molecule has 0 aliphatic rings. The van der Waals surface area contributed by atoms with Crippen molar-refractivity contribution >= 4 is 17.5 Å². The van der Waals surface area contributed by atoms with Gasteiger partial charge < -0.3 is 0 Å². The highest BCUT2D eigenvalue weighted by molar-refractivity contribution is 6.30. The van der Waals surface area contributed by atoms with Gasteiger partial charge in [-0.05, 0) is 12.1 Å². The van der Waals surface area contributed by atoms with Gasteiger partial charge in [0.05, 0.1) is 6.54 Å². The minimum atomic E-state index is -0.440. The summed E-state index contributed by atoms with van der Waals surface area (Å²) < 4.78 is 1.34. The van der Waals surface area contributed by atoms with Gasteiger partial charge in [-0.25, -0.2) is 10.6 Å². The Morgan fingerprint density at radius 3 is 2.90 bits per heavy atom. The smallest absolute Gasteiger partial charge is 0.279 e. The van der Waals surface area contributed by atoms with E-state index in [1.165, 1.54) is 9.58 Å². The van der Waals surface area contributed by atoms with Crippen LogP contribution in [-0.2, 0) is 7.05 Å². The van der Waals surface area contributed by atoms with Crippen LogP contribution in [0.3, 0.4) is 0 Å². The summed E-state index contributed by atoms with van der Waals surface area (Å²) in [4.78, 5) is 20.0. The zero-order chi connectivity index (χ0) is 14.7. The number of nitrogens with two attached hydrogens (primary N) is 1. The molecule has 0 aliphatic heterocycles. The first kappa shape index (κ1) is 14.2. The van der Waals surface area contributed by atoms with Gasteiger partial charge in [-0.2, -0.15) is 9.97 Å². The van der Waals surface area contributed by atoms with Gasteiger partial charge in [0.15, 0.2) is 0 Å². The molecule has 104 valence electrons. The van der Waals surface area contributed by atoms with Crippen LogP contribution in [0.4, 0.5) is 5.95 Å². The van der Waals surface area contributed by atoms with Crippen molar-refractivity contribution in [3.63, 3.8) is 0 Å². The molecule has 0 bridgehead atoms. The summed E-state index contributed by atoms with van der Waals surface area (Å²) in [5.74, 6) is 6.35. The molecule has 2 rings (SSSR count). The van der Waals surface area contributed by atoms with Gasteiger partial charge in [-0.3, -0.25) is 9.58 Å². The Hall–Kier alpha value is -2.18. The minimum absolute atomic E-state index is 0.142. The van der Waals surface area contributed by atoms with Crippen LogP contribution in [0.25, 0.3) is 11.4 Å². The summed E-state index contributed by atoms with van der Waals surface area (Å²) >= 11 is 5.96. The van der Waals surface area contributed by atoms with E-state index in [2.05, 4.69) is 16.5 Å². The lowest BCUT2D eigenvalue weighted by atomic mass is 10.2. The second-order valence-electron chi connectivity index (χ2n) is 4.14. The van der Waals surface area contributed by atoms with E-state index >= 15 is 0 Å². The summed E-state index contributed by atoms with van der Waals surface area (Å²) in [5, 5.41) is 1.81. The van der Waals surface area contributed by atoms with Crippen molar-refractivity contribution in [3.8, 4) is 11.4 Å². The van der Waals surface area contributed by atoms with E-state index in [-0.39, 0.29) is 5.95 Å². The van der Waals surface area contributed by atoms with Crippen molar-refractivity contribution in [3.05, 3.63) is 52.4 Å². The molecule has 2 N–H and O–H groups in total. The van der Waals surface area contributed by atoms with Gasteiger partial charge in [-0.15, -0.1) is 6.58 Å². The molecule has 0 saturated carbocycles. The Morgan fingerprint density at radius 2 is 2.25 bits per heavy atom. The van der Waals surface area contributed by atoms with E-state index < -0.39 is 5.69 Å². The zero-order valence-corrected chi connectivity index (χ0v) is 11.7. The van der Waals surface area contributed by atoms with Gasteiger partial charge in [0.25, 0.3) is 0 Å². The molecule has 1 heterocycles. The largest absolute Gasteiger partial charge is 0.352 e. The van der Waals surface area contributed by atoms with Gasteiger partial charge in [0, 0.05) is 17.6 Å². The van der Waals surface area contributed by atoms with Crippen molar-refractivity contribution in [2.75, 3.05) is 11.6 Å². The molecule has 0 radical (unpaired) electrons. The van der Waals surface area contributed by atoms with E-state index in [1.54, 1.807) is 31.3 Å². The molecule has 0 spiro atoms. The monoisotopic (exact) mass is 291 g/mol. The quantitative estimate of drug-likeness (QED) is 0.523. The number of hydrazine groups is 1. The molecule has 1 aromatic heterocycles. The number of anilines is 1. The Labute approximate surface area is 121 Å². The van der Waals surface area contributed by atoms with Crippen molar-refractivity contribution in [1.29, 1.82) is 0 Å². The van der Waals surface area contributed by atoms with Crippen molar-refractivity contribution in [1.82, 2.24) is 14.5 Å². The first-order valence-corrected chi connectivity index (χ1v) is 6.25. The molecule has 7 heteroatoms. The molecule has 0 saturated heterocycles. The van der Waals surface area contributed by atoms with Crippen LogP contribution in [0.1, 0.15) is 0 Å². The Bertz CT molecular complexity index is 697. The summed E-state index contributed by atoms with van der Waals surface area (Å²) in [6, 6.07) is 7.07. The Balaban J connectivity index is 2.58. The van der Waals surface area contributed by atoms with Crippen LogP contribution < -0.4 is 16.5 Å². The summed E-state index contributed by atoms with van der Waals surface area (Å²) in [7, 11) is 1.59. The molecule has 20 heavy (non-hydrogen) atoms. The summed E-state index contributed by atoms with van der Waals surface area (Å²) in [5.41, 5.74) is 0.275. The molecular weight excluding hydrogens is 278 g/mol. The van der Waals surface area contributed by atoms with Crippen LogP contribution in [-0.4, -0.2) is 21.1 Å². The fraction of sp³-hybridized carbons (Fsp3) is 0.154. The number of rotatable bonds is 4. The van der Waals surface area contributed by atoms with Gasteiger partial charge in [-0.1, -0.05) is 29.8 Å². The van der Waals surface area contributed by atoms with Crippen LogP contribution in [0.15, 0.2) is 41.7 Å². The highest BCUT2D eigenvalue weighted by Gasteiger charge is 2.12. The number of benzene rings is 1. The number of nitrogens with zero attached hydrogens (tertiary/aromatic N) is 4. The first-order valence-electron chi connectivity index (χ1n) is 5.87. The third-order valence-electron chi connectivity index (χ3n) is 2.67. The number of halogens is 1. The van der Waals surface area contributed by atoms with Gasteiger partial charge >= 0.3 is 5.69 Å². The Kier molecular flexibility index (Phi) is 4.16. The fourth-order valence-electron chi connectivity index (χ4n) is 1.68. The van der Waals surface area contributed by atoms with Gasteiger partial charge in [0.1, 0.15) is 5.82 Å². The third kappa shape index (κ3) is 2.87. The molecule has 0 fully saturated rings. The maximum absolute atomic E-state index is 11.9. The van der Waals surface area contributed by atoms with Crippen LogP contribution in [0.5, 0.6) is 0 Å². The molecule has 0 atom stereocenters. The molecular formula is C13H14ClN5O. The number of hydrogen-bond donors (Lipinski definition) is 1. The maximum Gasteiger partial charge on any atom is 0.352 e. The van der Waals surface area contributed by atoms with E-state index in [0.29, 0.717) is 23.0 Å². The second-order valence-corrected chi connectivity index (χ2v) is 4.58. The van der Waals surface area contributed by atoms with Crippen LogP contribution >= 0.6 is 11.6 Å². The van der Waals surface area contributed by atoms with Gasteiger partial charge in [0.2, 0.25) is 5.95 Å². The van der Waals surface area contributed by atoms with Crippen molar-refractivity contribution in [2.45, 2.75) is 0 Å². The third-order valence-corrected chi connectivity index (χ3v) is 2.91. The molecule has 2 aromatic rings. The summed E-state index contributed by atoms with van der Waals surface area (Å²) in [6.45, 7) is 3.92. The number of hydrogen-bond acceptors (Lipinski definition) is 5. The SMILES string of the molecule is C=CCN(N)c1nc(-c2cccc(Cl)c2)n(C)c(=O)n1. The fourth-order valence-corrected chi connectivity index (χ4v) is 1.87. The van der Waals surface area contributed by atoms with E-state index in [9.17, 15) is 4.79 Å². The molecule has 0 aliphatic carbocycles. The topological polar surface area (TPSA) is 77.0 Å². The van der Waals surface area contributed by atoms with E-state index in [1.807, 2.05) is 6.07 Å². The predicted molar refractivity (Wildman–Crippen MR) is 79.4 cm³/mol. The second kappa shape index (κ2) is 5.85. The molecule has 6 nitrogen and oxygen atoms in total. The van der Waals surface area contributed by atoms with Crippen molar-refractivity contribution in [2.24, 2.45) is 12.9 Å². The van der Waals surface area contributed by atoms with Crippen molar-refractivity contribution < 1.29 is 0 Å². The maximum atomic E-state index is 11.9. The average Bonchev–Trinajstić information content (AvgIpc) is 2.42. The molecule has 0 amide bonds. The summed E-state index contributed by atoms with van der Waals surface area (Å²) in [6.07, 6.45) is 1.60. The highest BCUT2D eigenvalue weighted by Crippen LogP contribution is 2.20.